The van der Waals surface area contributed by atoms with Crippen LogP contribution in [0.2, 0.25) is 0 Å². The van der Waals surface area contributed by atoms with E-state index in [0.717, 1.165) is 32.4 Å². The quantitative estimate of drug-likeness (QED) is 0.785. The maximum atomic E-state index is 6.10. The Bertz CT molecular complexity index is 410. The van der Waals surface area contributed by atoms with Gasteiger partial charge in [0.1, 0.15) is 0 Å². The molecule has 0 amide bonds. The normalized spacial score (nSPS) is 20.1. The van der Waals surface area contributed by atoms with E-state index in [1.807, 2.05) is 18.0 Å². The van der Waals surface area contributed by atoms with Gasteiger partial charge in [0.25, 0.3) is 0 Å². The summed E-state index contributed by atoms with van der Waals surface area (Å²) in [6.45, 7) is 6.16. The molecule has 5 nitrogen and oxygen atoms in total. The zero-order chi connectivity index (χ0) is 15.1. The first-order valence-corrected chi connectivity index (χ1v) is 8.44. The van der Waals surface area contributed by atoms with Crippen molar-refractivity contribution >= 4 is 0 Å². The molecule has 1 unspecified atom stereocenters. The third-order valence-electron chi connectivity index (χ3n) is 4.67. The summed E-state index contributed by atoms with van der Waals surface area (Å²) in [5.74, 6) is 0. The summed E-state index contributed by atoms with van der Waals surface area (Å²) in [6, 6.07) is 0.173. The van der Waals surface area contributed by atoms with Crippen LogP contribution in [0.15, 0.2) is 6.20 Å². The number of aromatic nitrogens is 3. The number of methoxy groups -OCH3 is 1. The molecule has 2 rings (SSSR count). The molecule has 1 atom stereocenters. The molecular formula is C16H30N4O. The van der Waals surface area contributed by atoms with Gasteiger partial charge in [-0.3, -0.25) is 0 Å². The van der Waals surface area contributed by atoms with Gasteiger partial charge in [-0.25, -0.2) is 4.68 Å². The Morgan fingerprint density at radius 2 is 2.00 bits per heavy atom. The average Bonchev–Trinajstić information content (AvgIpc) is 2.81. The molecule has 120 valence electrons. The van der Waals surface area contributed by atoms with E-state index in [1.54, 1.807) is 0 Å². The first kappa shape index (κ1) is 16.4. The molecule has 1 fully saturated rings. The van der Waals surface area contributed by atoms with Crippen LogP contribution in [0.3, 0.4) is 0 Å². The Balaban J connectivity index is 2.32. The topological polar surface area (TPSA) is 52.0 Å². The summed E-state index contributed by atoms with van der Waals surface area (Å²) in [6.07, 6.45) is 10.3. The lowest BCUT2D eigenvalue weighted by atomic mass is 9.84. The lowest BCUT2D eigenvalue weighted by Gasteiger charge is -2.39. The molecule has 21 heavy (non-hydrogen) atoms. The molecule has 1 aromatic heterocycles. The molecule has 1 heterocycles. The van der Waals surface area contributed by atoms with Gasteiger partial charge in [0.15, 0.2) is 0 Å². The minimum Gasteiger partial charge on any atom is -0.376 e. The van der Waals surface area contributed by atoms with Crippen LogP contribution in [0.4, 0.5) is 0 Å². The van der Waals surface area contributed by atoms with Crippen LogP contribution >= 0.6 is 0 Å². The summed E-state index contributed by atoms with van der Waals surface area (Å²) in [5, 5.41) is 12.1. The van der Waals surface area contributed by atoms with E-state index in [2.05, 4.69) is 29.5 Å². The van der Waals surface area contributed by atoms with Crippen molar-refractivity contribution in [1.82, 2.24) is 20.3 Å². The Hall–Kier alpha value is -0.940. The highest BCUT2D eigenvalue weighted by molar-refractivity contribution is 5.11. The number of nitrogens with one attached hydrogen (secondary N) is 1. The van der Waals surface area contributed by atoms with Crippen molar-refractivity contribution in [3.8, 4) is 0 Å². The van der Waals surface area contributed by atoms with Crippen LogP contribution in [0, 0.1) is 0 Å². The van der Waals surface area contributed by atoms with Gasteiger partial charge < -0.3 is 10.1 Å². The minimum atomic E-state index is -0.125. The zero-order valence-corrected chi connectivity index (χ0v) is 13.8. The van der Waals surface area contributed by atoms with E-state index < -0.39 is 0 Å². The molecule has 1 saturated carbocycles. The standard InChI is InChI=1S/C16H30N4O/c1-4-12-20-14(13-18-19-20)15(17-5-2)16(21-3)10-8-6-7-9-11-16/h13,15,17H,4-12H2,1-3H3. The fraction of sp³-hybridized carbons (Fsp3) is 0.875. The molecular weight excluding hydrogens is 264 g/mol. The Morgan fingerprint density at radius 1 is 1.29 bits per heavy atom. The Labute approximate surface area is 128 Å². The Morgan fingerprint density at radius 3 is 2.57 bits per heavy atom. The van der Waals surface area contributed by atoms with Gasteiger partial charge in [-0.2, -0.15) is 0 Å². The van der Waals surface area contributed by atoms with Gasteiger partial charge in [-0.15, -0.1) is 5.10 Å². The first-order chi connectivity index (χ1) is 10.3. The molecule has 1 aliphatic carbocycles. The number of hydrogen-bond donors (Lipinski definition) is 1. The summed E-state index contributed by atoms with van der Waals surface area (Å²) < 4.78 is 8.14. The van der Waals surface area contributed by atoms with Crippen LogP contribution in [0.1, 0.15) is 70.5 Å². The second-order valence-corrected chi connectivity index (χ2v) is 6.06. The number of aryl methyl sites for hydroxylation is 1. The number of ether oxygens (including phenoxy) is 1. The maximum absolute atomic E-state index is 6.10. The fourth-order valence-electron chi connectivity index (χ4n) is 3.58. The number of likely N-dealkylation sites (N-methyl/N-ethyl adjacent to an activating group) is 1. The minimum absolute atomic E-state index is 0.125. The third kappa shape index (κ3) is 3.64. The molecule has 0 bridgehead atoms. The van der Waals surface area contributed by atoms with E-state index in [1.165, 1.54) is 31.4 Å². The van der Waals surface area contributed by atoms with E-state index >= 15 is 0 Å². The van der Waals surface area contributed by atoms with Crippen molar-refractivity contribution in [2.45, 2.75) is 77.0 Å². The van der Waals surface area contributed by atoms with Crippen molar-refractivity contribution < 1.29 is 4.74 Å². The molecule has 1 aliphatic rings. The van der Waals surface area contributed by atoms with Crippen molar-refractivity contribution in [2.24, 2.45) is 0 Å². The van der Waals surface area contributed by atoms with E-state index in [4.69, 9.17) is 4.74 Å². The smallest absolute Gasteiger partial charge is 0.0888 e. The summed E-state index contributed by atoms with van der Waals surface area (Å²) in [7, 11) is 1.86. The molecule has 1 N–H and O–H groups in total. The van der Waals surface area contributed by atoms with Gasteiger partial charge >= 0.3 is 0 Å². The monoisotopic (exact) mass is 294 g/mol. The predicted molar refractivity (Wildman–Crippen MR) is 84.2 cm³/mol. The largest absolute Gasteiger partial charge is 0.376 e. The zero-order valence-electron chi connectivity index (χ0n) is 13.8. The molecule has 1 aromatic rings. The van der Waals surface area contributed by atoms with Crippen molar-refractivity contribution in [1.29, 1.82) is 0 Å². The maximum Gasteiger partial charge on any atom is 0.0888 e. The van der Waals surface area contributed by atoms with Crippen LogP contribution in [-0.2, 0) is 11.3 Å². The van der Waals surface area contributed by atoms with Crippen molar-refractivity contribution in [3.05, 3.63) is 11.9 Å². The van der Waals surface area contributed by atoms with E-state index in [-0.39, 0.29) is 11.6 Å². The number of rotatable bonds is 7. The highest BCUT2D eigenvalue weighted by Crippen LogP contribution is 2.40. The average molecular weight is 294 g/mol. The highest BCUT2D eigenvalue weighted by atomic mass is 16.5. The molecule has 0 aromatic carbocycles. The van der Waals surface area contributed by atoms with Gasteiger partial charge in [0, 0.05) is 13.7 Å². The van der Waals surface area contributed by atoms with Crippen molar-refractivity contribution in [2.75, 3.05) is 13.7 Å². The Kier molecular flexibility index (Phi) is 6.18. The second kappa shape index (κ2) is 7.90. The van der Waals surface area contributed by atoms with Crippen LogP contribution < -0.4 is 5.32 Å². The molecule has 0 spiro atoms. The number of nitrogens with zero attached hydrogens (tertiary/aromatic N) is 3. The van der Waals surface area contributed by atoms with Gasteiger partial charge in [-0.1, -0.05) is 44.7 Å². The summed E-state index contributed by atoms with van der Waals surface area (Å²) in [5.41, 5.74) is 1.04. The third-order valence-corrected chi connectivity index (χ3v) is 4.67. The molecule has 5 heteroatoms. The predicted octanol–water partition coefficient (Wildman–Crippen LogP) is 3.08. The summed E-state index contributed by atoms with van der Waals surface area (Å²) in [4.78, 5) is 0. The SMILES string of the molecule is CCCn1nncc1C(NCC)C1(OC)CCCCCC1. The first-order valence-electron chi connectivity index (χ1n) is 8.44. The molecule has 0 aliphatic heterocycles. The van der Waals surface area contributed by atoms with Crippen LogP contribution in [-0.4, -0.2) is 34.2 Å². The summed E-state index contributed by atoms with van der Waals surface area (Å²) >= 11 is 0. The molecule has 0 radical (unpaired) electrons. The highest BCUT2D eigenvalue weighted by Gasteiger charge is 2.41. The van der Waals surface area contributed by atoms with Crippen LogP contribution in [0.5, 0.6) is 0 Å². The number of hydrogen-bond acceptors (Lipinski definition) is 4. The fourth-order valence-corrected chi connectivity index (χ4v) is 3.58. The molecule has 0 saturated heterocycles. The van der Waals surface area contributed by atoms with Gasteiger partial charge in [0.2, 0.25) is 0 Å². The van der Waals surface area contributed by atoms with Gasteiger partial charge in [-0.05, 0) is 25.8 Å². The van der Waals surface area contributed by atoms with Gasteiger partial charge in [0.05, 0.1) is 23.5 Å². The van der Waals surface area contributed by atoms with E-state index in [9.17, 15) is 0 Å². The van der Waals surface area contributed by atoms with Crippen molar-refractivity contribution in [3.63, 3.8) is 0 Å². The lowest BCUT2D eigenvalue weighted by molar-refractivity contribution is -0.0557. The van der Waals surface area contributed by atoms with Crippen LogP contribution in [0.25, 0.3) is 0 Å². The second-order valence-electron chi connectivity index (χ2n) is 6.06. The van der Waals surface area contributed by atoms with E-state index in [0.29, 0.717) is 0 Å². The lowest BCUT2D eigenvalue weighted by Crippen LogP contribution is -2.46.